The summed E-state index contributed by atoms with van der Waals surface area (Å²) < 4.78 is 5.59. The Bertz CT molecular complexity index is 470. The molecule has 4 bridgehead atoms. The first-order chi connectivity index (χ1) is 8.61. The molecule has 0 spiro atoms. The van der Waals surface area contributed by atoms with Crippen LogP contribution in [0.3, 0.4) is 0 Å². The highest BCUT2D eigenvalue weighted by atomic mass is 79.9. The fraction of sp³-hybridized carbons (Fsp3) is 0.857. The predicted octanol–water partition coefficient (Wildman–Crippen LogP) is 3.82. The SMILES string of the molecule is CC12CC3CC(C1)CC(c1nc(CBr)no1)(C3)C2. The van der Waals surface area contributed by atoms with Crippen LogP contribution in [-0.2, 0) is 10.7 Å². The molecule has 98 valence electrons. The number of hydrogen-bond donors (Lipinski definition) is 0. The molecular weight excluding hydrogens is 292 g/mol. The van der Waals surface area contributed by atoms with Gasteiger partial charge in [-0.2, -0.15) is 4.98 Å². The molecule has 1 aromatic heterocycles. The van der Waals surface area contributed by atoms with Crippen LogP contribution >= 0.6 is 15.9 Å². The van der Waals surface area contributed by atoms with Crippen molar-refractivity contribution in [1.29, 1.82) is 0 Å². The molecule has 4 fully saturated rings. The van der Waals surface area contributed by atoms with Crippen molar-refractivity contribution in [2.45, 2.75) is 56.2 Å². The van der Waals surface area contributed by atoms with Crippen molar-refractivity contribution in [1.82, 2.24) is 10.1 Å². The fourth-order valence-corrected chi connectivity index (χ4v) is 5.72. The molecule has 2 atom stereocenters. The molecule has 0 N–H and O–H groups in total. The van der Waals surface area contributed by atoms with Crippen molar-refractivity contribution in [2.24, 2.45) is 17.3 Å². The second-order valence-corrected chi connectivity index (χ2v) is 7.76. The molecule has 4 heteroatoms. The lowest BCUT2D eigenvalue weighted by atomic mass is 9.44. The molecule has 1 heterocycles. The zero-order valence-electron chi connectivity index (χ0n) is 10.8. The molecule has 4 aliphatic rings. The Hall–Kier alpha value is -0.380. The Morgan fingerprint density at radius 1 is 1.28 bits per heavy atom. The Morgan fingerprint density at radius 2 is 2.00 bits per heavy atom. The van der Waals surface area contributed by atoms with E-state index in [0.29, 0.717) is 10.7 Å². The summed E-state index contributed by atoms with van der Waals surface area (Å²) in [6, 6.07) is 0. The number of hydrogen-bond acceptors (Lipinski definition) is 3. The molecule has 18 heavy (non-hydrogen) atoms. The molecule has 0 aromatic carbocycles. The third-order valence-corrected chi connectivity index (χ3v) is 5.90. The Labute approximate surface area is 116 Å². The summed E-state index contributed by atoms with van der Waals surface area (Å²) in [5.41, 5.74) is 0.749. The van der Waals surface area contributed by atoms with Crippen LogP contribution in [0.2, 0.25) is 0 Å². The minimum atomic E-state index is 0.215. The van der Waals surface area contributed by atoms with Crippen molar-refractivity contribution in [3.8, 4) is 0 Å². The second-order valence-electron chi connectivity index (χ2n) is 7.20. The van der Waals surface area contributed by atoms with Gasteiger partial charge in [0.1, 0.15) is 0 Å². The topological polar surface area (TPSA) is 38.9 Å². The van der Waals surface area contributed by atoms with Crippen molar-refractivity contribution in [2.75, 3.05) is 0 Å². The van der Waals surface area contributed by atoms with Crippen LogP contribution < -0.4 is 0 Å². The van der Waals surface area contributed by atoms with E-state index in [1.807, 2.05) is 0 Å². The van der Waals surface area contributed by atoms with Crippen LogP contribution in [0.1, 0.15) is 57.2 Å². The molecule has 2 unspecified atom stereocenters. The van der Waals surface area contributed by atoms with Gasteiger partial charge >= 0.3 is 0 Å². The third kappa shape index (κ3) is 1.54. The third-order valence-electron chi connectivity index (χ3n) is 5.39. The van der Waals surface area contributed by atoms with E-state index in [9.17, 15) is 0 Å². The Morgan fingerprint density at radius 3 is 2.56 bits per heavy atom. The van der Waals surface area contributed by atoms with Crippen LogP contribution in [0.15, 0.2) is 4.52 Å². The number of nitrogens with zero attached hydrogens (tertiary/aromatic N) is 2. The van der Waals surface area contributed by atoms with Gasteiger partial charge in [0.05, 0.1) is 10.7 Å². The fourth-order valence-electron chi connectivity index (χ4n) is 5.49. The normalized spacial score (nSPS) is 45.7. The zero-order valence-corrected chi connectivity index (χ0v) is 12.4. The summed E-state index contributed by atoms with van der Waals surface area (Å²) in [5, 5.41) is 4.77. The average Bonchev–Trinajstić information content (AvgIpc) is 2.74. The first kappa shape index (κ1) is 11.4. The number of rotatable bonds is 2. The van der Waals surface area contributed by atoms with E-state index < -0.39 is 0 Å². The van der Waals surface area contributed by atoms with Gasteiger partial charge < -0.3 is 4.52 Å². The Kier molecular flexibility index (Phi) is 2.28. The summed E-state index contributed by atoms with van der Waals surface area (Å²) in [5.74, 6) is 3.52. The van der Waals surface area contributed by atoms with Gasteiger partial charge in [-0.05, 0) is 55.8 Å². The largest absolute Gasteiger partial charge is 0.339 e. The van der Waals surface area contributed by atoms with E-state index in [1.54, 1.807) is 0 Å². The molecule has 1 aromatic rings. The number of halogens is 1. The van der Waals surface area contributed by atoms with Gasteiger partial charge in [-0.25, -0.2) is 0 Å². The summed E-state index contributed by atoms with van der Waals surface area (Å²) in [4.78, 5) is 4.63. The maximum Gasteiger partial charge on any atom is 0.232 e. The minimum absolute atomic E-state index is 0.215. The number of aromatic nitrogens is 2. The van der Waals surface area contributed by atoms with Gasteiger partial charge in [0.15, 0.2) is 5.82 Å². The molecule has 4 saturated carbocycles. The lowest BCUT2D eigenvalue weighted by molar-refractivity contribution is -0.0724. The van der Waals surface area contributed by atoms with Crippen molar-refractivity contribution < 1.29 is 4.52 Å². The molecule has 3 nitrogen and oxygen atoms in total. The van der Waals surface area contributed by atoms with Crippen LogP contribution in [0.5, 0.6) is 0 Å². The van der Waals surface area contributed by atoms with Gasteiger partial charge in [0.2, 0.25) is 5.89 Å². The van der Waals surface area contributed by atoms with Crippen LogP contribution in [-0.4, -0.2) is 10.1 Å². The molecule has 0 saturated heterocycles. The molecule has 0 aliphatic heterocycles. The van der Waals surface area contributed by atoms with E-state index in [4.69, 9.17) is 4.52 Å². The van der Waals surface area contributed by atoms with E-state index >= 15 is 0 Å². The molecule has 0 radical (unpaired) electrons. The molecule has 4 aliphatic carbocycles. The predicted molar refractivity (Wildman–Crippen MR) is 71.4 cm³/mol. The van der Waals surface area contributed by atoms with Gasteiger partial charge in [0.25, 0.3) is 0 Å². The van der Waals surface area contributed by atoms with Crippen LogP contribution in [0.4, 0.5) is 0 Å². The highest BCUT2D eigenvalue weighted by Gasteiger charge is 2.58. The van der Waals surface area contributed by atoms with E-state index in [0.717, 1.165) is 23.6 Å². The van der Waals surface area contributed by atoms with Gasteiger partial charge in [-0.3, -0.25) is 0 Å². The van der Waals surface area contributed by atoms with E-state index in [1.165, 1.54) is 38.5 Å². The second kappa shape index (κ2) is 3.59. The van der Waals surface area contributed by atoms with E-state index in [2.05, 4.69) is 33.0 Å². The first-order valence-corrected chi connectivity index (χ1v) is 8.12. The maximum atomic E-state index is 5.59. The van der Waals surface area contributed by atoms with Gasteiger partial charge in [0, 0.05) is 0 Å². The van der Waals surface area contributed by atoms with Crippen molar-refractivity contribution in [3.05, 3.63) is 11.7 Å². The standard InChI is InChI=1S/C14H19BrN2O/c1-13-3-9-2-10(4-13)6-14(5-9,8-13)12-16-11(7-15)17-18-12/h9-10H,2-8H2,1H3. The quantitative estimate of drug-likeness (QED) is 0.779. The van der Waals surface area contributed by atoms with Crippen LogP contribution in [0, 0.1) is 17.3 Å². The lowest BCUT2D eigenvalue weighted by Crippen LogP contribution is -2.53. The van der Waals surface area contributed by atoms with Crippen molar-refractivity contribution >= 4 is 15.9 Å². The van der Waals surface area contributed by atoms with Gasteiger partial charge in [-0.15, -0.1) is 0 Å². The molecule has 5 rings (SSSR count). The maximum absolute atomic E-state index is 5.59. The van der Waals surface area contributed by atoms with Crippen LogP contribution in [0.25, 0.3) is 0 Å². The van der Waals surface area contributed by atoms with Gasteiger partial charge in [-0.1, -0.05) is 28.0 Å². The van der Waals surface area contributed by atoms with E-state index in [-0.39, 0.29) is 5.41 Å². The highest BCUT2D eigenvalue weighted by molar-refractivity contribution is 9.08. The molecule has 0 amide bonds. The Balaban J connectivity index is 1.74. The molecular formula is C14H19BrN2O. The lowest BCUT2D eigenvalue weighted by Gasteiger charge is -2.59. The summed E-state index contributed by atoms with van der Waals surface area (Å²) in [7, 11) is 0. The summed E-state index contributed by atoms with van der Waals surface area (Å²) in [6.45, 7) is 2.47. The zero-order chi connectivity index (χ0) is 12.4. The smallest absolute Gasteiger partial charge is 0.232 e. The minimum Gasteiger partial charge on any atom is -0.339 e. The summed E-state index contributed by atoms with van der Waals surface area (Å²) >= 11 is 3.41. The first-order valence-electron chi connectivity index (χ1n) is 7.00. The van der Waals surface area contributed by atoms with Crippen molar-refractivity contribution in [3.63, 3.8) is 0 Å². The monoisotopic (exact) mass is 310 g/mol. The highest BCUT2D eigenvalue weighted by Crippen LogP contribution is 2.65. The average molecular weight is 311 g/mol. The summed E-state index contributed by atoms with van der Waals surface area (Å²) in [6.07, 6.45) is 8.11. The number of alkyl halides is 1.